The molecular formula is C28H30Cl3N3O4S. The van der Waals surface area contributed by atoms with E-state index in [-0.39, 0.29) is 23.0 Å². The first-order valence-corrected chi connectivity index (χ1v) is 14.9. The Morgan fingerprint density at radius 3 is 2.26 bits per heavy atom. The highest BCUT2D eigenvalue weighted by molar-refractivity contribution is 7.92. The van der Waals surface area contributed by atoms with E-state index in [4.69, 9.17) is 34.8 Å². The van der Waals surface area contributed by atoms with Crippen LogP contribution < -0.4 is 9.62 Å². The van der Waals surface area contributed by atoms with Crippen molar-refractivity contribution in [2.45, 2.75) is 44.7 Å². The van der Waals surface area contributed by atoms with Crippen LogP contribution in [0, 0.1) is 6.92 Å². The number of carbonyl (C=O) groups is 2. The van der Waals surface area contributed by atoms with Gasteiger partial charge in [-0.15, -0.1) is 0 Å². The van der Waals surface area contributed by atoms with Crippen LogP contribution in [-0.4, -0.2) is 44.3 Å². The number of nitrogens with zero attached hydrogens (tertiary/aromatic N) is 2. The third-order valence-electron chi connectivity index (χ3n) is 6.13. The fourth-order valence-electron chi connectivity index (χ4n) is 3.80. The van der Waals surface area contributed by atoms with Crippen LogP contribution in [0.3, 0.4) is 0 Å². The van der Waals surface area contributed by atoms with Crippen LogP contribution >= 0.6 is 34.8 Å². The predicted octanol–water partition coefficient (Wildman–Crippen LogP) is 6.09. The first-order valence-electron chi connectivity index (χ1n) is 12.3. The molecule has 0 unspecified atom stereocenters. The molecule has 2 amide bonds. The van der Waals surface area contributed by atoms with Gasteiger partial charge < -0.3 is 10.2 Å². The zero-order valence-electron chi connectivity index (χ0n) is 21.8. The molecule has 0 heterocycles. The van der Waals surface area contributed by atoms with Crippen molar-refractivity contribution >= 4 is 62.3 Å². The van der Waals surface area contributed by atoms with Gasteiger partial charge >= 0.3 is 0 Å². The summed E-state index contributed by atoms with van der Waals surface area (Å²) in [6.45, 7) is 5.12. The highest BCUT2D eigenvalue weighted by atomic mass is 35.5. The molecule has 0 aromatic heterocycles. The average molecular weight is 611 g/mol. The van der Waals surface area contributed by atoms with Crippen LogP contribution in [0.25, 0.3) is 0 Å². The molecule has 0 saturated heterocycles. The van der Waals surface area contributed by atoms with Crippen LogP contribution in [0.5, 0.6) is 0 Å². The maximum absolute atomic E-state index is 13.9. The minimum absolute atomic E-state index is 0.00975. The molecule has 11 heteroatoms. The molecule has 3 aromatic rings. The SMILES string of the molecule is CCCNC(=O)[C@H](C)N(Cc1ccc(Cl)cc1Cl)C(=O)CN(c1ccc(C)c(Cl)c1)S(=O)(=O)c1ccccc1. The lowest BCUT2D eigenvalue weighted by molar-refractivity contribution is -0.139. The molecule has 0 aliphatic heterocycles. The summed E-state index contributed by atoms with van der Waals surface area (Å²) < 4.78 is 28.6. The van der Waals surface area contributed by atoms with Crippen molar-refractivity contribution in [3.63, 3.8) is 0 Å². The molecule has 3 aromatic carbocycles. The molecule has 0 fully saturated rings. The van der Waals surface area contributed by atoms with Gasteiger partial charge in [-0.3, -0.25) is 13.9 Å². The largest absolute Gasteiger partial charge is 0.354 e. The van der Waals surface area contributed by atoms with E-state index in [1.807, 2.05) is 6.92 Å². The van der Waals surface area contributed by atoms with Crippen LogP contribution in [0.2, 0.25) is 15.1 Å². The highest BCUT2D eigenvalue weighted by Crippen LogP contribution is 2.29. The Kier molecular flexibility index (Phi) is 10.7. The molecule has 0 aliphatic rings. The summed E-state index contributed by atoms with van der Waals surface area (Å²) in [6.07, 6.45) is 0.715. The molecular weight excluding hydrogens is 581 g/mol. The molecule has 3 rings (SSSR count). The van der Waals surface area contributed by atoms with Gasteiger partial charge in [0.25, 0.3) is 10.0 Å². The number of benzene rings is 3. The Balaban J connectivity index is 2.05. The Morgan fingerprint density at radius 1 is 0.949 bits per heavy atom. The third kappa shape index (κ3) is 7.66. The number of aryl methyl sites for hydroxylation is 1. The van der Waals surface area contributed by atoms with Crippen LogP contribution in [0.1, 0.15) is 31.4 Å². The van der Waals surface area contributed by atoms with E-state index in [0.717, 1.165) is 9.87 Å². The molecule has 0 saturated carbocycles. The minimum atomic E-state index is -4.18. The molecule has 7 nitrogen and oxygen atoms in total. The van der Waals surface area contributed by atoms with Gasteiger partial charge in [0.05, 0.1) is 10.6 Å². The van der Waals surface area contributed by atoms with Crippen molar-refractivity contribution in [1.29, 1.82) is 0 Å². The van der Waals surface area contributed by atoms with Gasteiger partial charge in [0.15, 0.2) is 0 Å². The monoisotopic (exact) mass is 609 g/mol. The zero-order valence-corrected chi connectivity index (χ0v) is 24.9. The first kappa shape index (κ1) is 30.8. The van der Waals surface area contributed by atoms with Crippen molar-refractivity contribution < 1.29 is 18.0 Å². The Morgan fingerprint density at radius 2 is 1.64 bits per heavy atom. The lowest BCUT2D eigenvalue weighted by Gasteiger charge is -2.32. The number of anilines is 1. The number of hydrogen-bond acceptors (Lipinski definition) is 4. The second kappa shape index (κ2) is 13.5. The van der Waals surface area contributed by atoms with Crippen molar-refractivity contribution in [2.24, 2.45) is 0 Å². The van der Waals surface area contributed by atoms with Gasteiger partial charge in [0.1, 0.15) is 12.6 Å². The highest BCUT2D eigenvalue weighted by Gasteiger charge is 2.33. The summed E-state index contributed by atoms with van der Waals surface area (Å²) in [7, 11) is -4.18. The standard InChI is InChI=1S/C28H30Cl3N3O4S/c1-4-14-32-28(36)20(3)33(17-21-11-12-22(29)15-26(21)31)27(35)18-34(23-13-10-19(2)25(30)16-23)39(37,38)24-8-6-5-7-9-24/h5-13,15-16,20H,4,14,17-18H2,1-3H3,(H,32,36)/t20-/m0/s1. The minimum Gasteiger partial charge on any atom is -0.354 e. The maximum atomic E-state index is 13.9. The number of amides is 2. The van der Waals surface area contributed by atoms with E-state index >= 15 is 0 Å². The van der Waals surface area contributed by atoms with Gasteiger partial charge in [-0.25, -0.2) is 8.42 Å². The summed E-state index contributed by atoms with van der Waals surface area (Å²) in [4.78, 5) is 28.1. The second-order valence-electron chi connectivity index (χ2n) is 8.98. The normalized spacial score (nSPS) is 12.1. The van der Waals surface area contributed by atoms with E-state index < -0.39 is 28.5 Å². The van der Waals surface area contributed by atoms with E-state index in [9.17, 15) is 18.0 Å². The summed E-state index contributed by atoms with van der Waals surface area (Å²) in [6, 6.07) is 16.5. The van der Waals surface area contributed by atoms with E-state index in [2.05, 4.69) is 5.32 Å². The molecule has 1 N–H and O–H groups in total. The zero-order chi connectivity index (χ0) is 28.7. The Bertz CT molecular complexity index is 1440. The fourth-order valence-corrected chi connectivity index (χ4v) is 5.87. The van der Waals surface area contributed by atoms with Crippen LogP contribution in [0.15, 0.2) is 71.6 Å². The average Bonchev–Trinajstić information content (AvgIpc) is 2.91. The van der Waals surface area contributed by atoms with Crippen molar-refractivity contribution in [1.82, 2.24) is 10.2 Å². The van der Waals surface area contributed by atoms with Gasteiger partial charge in [-0.05, 0) is 67.8 Å². The fraction of sp³-hybridized carbons (Fsp3) is 0.286. The summed E-state index contributed by atoms with van der Waals surface area (Å²) in [5, 5.41) is 3.89. The second-order valence-corrected chi connectivity index (χ2v) is 12.1. The smallest absolute Gasteiger partial charge is 0.264 e. The third-order valence-corrected chi connectivity index (χ3v) is 8.91. The van der Waals surface area contributed by atoms with E-state index in [0.29, 0.717) is 33.6 Å². The van der Waals surface area contributed by atoms with Crippen molar-refractivity contribution in [3.8, 4) is 0 Å². The Hall–Kier alpha value is -2.78. The quantitative estimate of drug-likeness (QED) is 0.285. The van der Waals surface area contributed by atoms with Gasteiger partial charge in [0, 0.05) is 28.2 Å². The number of carbonyl (C=O) groups excluding carboxylic acids is 2. The number of sulfonamides is 1. The van der Waals surface area contributed by atoms with Crippen molar-refractivity contribution in [3.05, 3.63) is 92.9 Å². The lowest BCUT2D eigenvalue weighted by Crippen LogP contribution is -2.51. The molecule has 208 valence electrons. The van der Waals surface area contributed by atoms with Crippen LogP contribution in [0.4, 0.5) is 5.69 Å². The van der Waals surface area contributed by atoms with E-state index in [1.54, 1.807) is 62.4 Å². The topological polar surface area (TPSA) is 86.8 Å². The van der Waals surface area contributed by atoms with E-state index in [1.165, 1.54) is 23.1 Å². The van der Waals surface area contributed by atoms with Gasteiger partial charge in [-0.1, -0.05) is 72.1 Å². The number of halogens is 3. The molecule has 0 aliphatic carbocycles. The Labute approximate surface area is 244 Å². The predicted molar refractivity (Wildman–Crippen MR) is 157 cm³/mol. The number of nitrogens with one attached hydrogen (secondary N) is 1. The molecule has 0 radical (unpaired) electrons. The first-order chi connectivity index (χ1) is 18.4. The van der Waals surface area contributed by atoms with Gasteiger partial charge in [0.2, 0.25) is 11.8 Å². The molecule has 1 atom stereocenters. The van der Waals surface area contributed by atoms with Crippen molar-refractivity contribution in [2.75, 3.05) is 17.4 Å². The number of rotatable bonds is 11. The van der Waals surface area contributed by atoms with Gasteiger partial charge in [-0.2, -0.15) is 0 Å². The summed E-state index contributed by atoms with van der Waals surface area (Å²) >= 11 is 18.8. The summed E-state index contributed by atoms with van der Waals surface area (Å²) in [5.74, 6) is -0.970. The lowest BCUT2D eigenvalue weighted by atomic mass is 10.1. The molecule has 0 spiro atoms. The van der Waals surface area contributed by atoms with Crippen LogP contribution in [-0.2, 0) is 26.2 Å². The molecule has 39 heavy (non-hydrogen) atoms. The maximum Gasteiger partial charge on any atom is 0.264 e. The summed E-state index contributed by atoms with van der Waals surface area (Å²) in [5.41, 5.74) is 1.53. The number of hydrogen-bond donors (Lipinski definition) is 1. The molecule has 0 bridgehead atoms.